The van der Waals surface area contributed by atoms with Gasteiger partial charge in [0.25, 0.3) is 0 Å². The number of benzene rings is 3. The standard InChI is InChI=1S/C32H36ClN5O3/c1-36-12-14-37(15-13-36)11-6-16-41-30-18-22-17-28-31(27(22)21-29(30)40-3)34-35-32(28)38(24-8-4-7-23(33)19-24)25-9-5-10-26(20-25)39-2/h4-5,7-10,18-21H,6,11-17H2,1-3H3,(H,34,35). The minimum Gasteiger partial charge on any atom is -0.497 e. The monoisotopic (exact) mass is 573 g/mol. The van der Waals surface area contributed by atoms with Gasteiger partial charge in [-0.2, -0.15) is 5.10 Å². The molecule has 0 spiro atoms. The van der Waals surface area contributed by atoms with Gasteiger partial charge in [0.2, 0.25) is 0 Å². The molecular formula is C32H36ClN5O3. The highest BCUT2D eigenvalue weighted by Crippen LogP contribution is 2.47. The van der Waals surface area contributed by atoms with E-state index in [0.717, 1.165) is 96.8 Å². The van der Waals surface area contributed by atoms with Crippen molar-refractivity contribution in [3.05, 3.63) is 76.8 Å². The van der Waals surface area contributed by atoms with E-state index >= 15 is 0 Å². The molecule has 0 bridgehead atoms. The third kappa shape index (κ3) is 5.73. The smallest absolute Gasteiger partial charge is 0.161 e. The zero-order valence-electron chi connectivity index (χ0n) is 23.8. The number of halogens is 1. The fourth-order valence-electron chi connectivity index (χ4n) is 5.68. The van der Waals surface area contributed by atoms with Gasteiger partial charge in [0.15, 0.2) is 11.5 Å². The van der Waals surface area contributed by atoms with Gasteiger partial charge in [0, 0.05) is 67.0 Å². The van der Waals surface area contributed by atoms with Crippen molar-refractivity contribution in [1.29, 1.82) is 0 Å². The summed E-state index contributed by atoms with van der Waals surface area (Å²) in [6.45, 7) is 6.19. The molecule has 2 heterocycles. The summed E-state index contributed by atoms with van der Waals surface area (Å²) in [5.41, 5.74) is 6.12. The van der Waals surface area contributed by atoms with Crippen molar-refractivity contribution in [1.82, 2.24) is 20.0 Å². The summed E-state index contributed by atoms with van der Waals surface area (Å²) >= 11 is 6.43. The minimum atomic E-state index is 0.649. The van der Waals surface area contributed by atoms with Crippen molar-refractivity contribution < 1.29 is 14.2 Å². The summed E-state index contributed by atoms with van der Waals surface area (Å²) in [4.78, 5) is 7.03. The number of rotatable bonds is 10. The molecule has 1 saturated heterocycles. The van der Waals surface area contributed by atoms with Gasteiger partial charge >= 0.3 is 0 Å². The summed E-state index contributed by atoms with van der Waals surface area (Å²) in [7, 11) is 5.55. The molecule has 0 radical (unpaired) electrons. The lowest BCUT2D eigenvalue weighted by Crippen LogP contribution is -2.44. The van der Waals surface area contributed by atoms with Crippen LogP contribution < -0.4 is 19.1 Å². The summed E-state index contributed by atoms with van der Waals surface area (Å²) in [6.07, 6.45) is 1.70. The van der Waals surface area contributed by atoms with Crippen molar-refractivity contribution >= 4 is 28.8 Å². The van der Waals surface area contributed by atoms with Gasteiger partial charge in [0.1, 0.15) is 11.6 Å². The number of piperazine rings is 1. The Kier molecular flexibility index (Phi) is 8.05. The predicted octanol–water partition coefficient (Wildman–Crippen LogP) is 6.14. The molecule has 1 N–H and O–H groups in total. The van der Waals surface area contributed by atoms with Crippen molar-refractivity contribution in [3.8, 4) is 28.5 Å². The molecule has 6 rings (SSSR count). The first-order valence-electron chi connectivity index (χ1n) is 14.1. The number of hydrogen-bond acceptors (Lipinski definition) is 7. The second-order valence-electron chi connectivity index (χ2n) is 10.6. The molecule has 2 aliphatic rings. The van der Waals surface area contributed by atoms with Crippen LogP contribution in [0.25, 0.3) is 11.3 Å². The van der Waals surface area contributed by atoms with Crippen LogP contribution in [0.3, 0.4) is 0 Å². The average Bonchev–Trinajstić information content (AvgIpc) is 3.55. The quantitative estimate of drug-likeness (QED) is 0.201. The lowest BCUT2D eigenvalue weighted by molar-refractivity contribution is 0.145. The second-order valence-corrected chi connectivity index (χ2v) is 11.0. The number of anilines is 3. The lowest BCUT2D eigenvalue weighted by Gasteiger charge is -2.32. The van der Waals surface area contributed by atoms with Crippen molar-refractivity contribution in [2.75, 3.05) is 65.5 Å². The van der Waals surface area contributed by atoms with E-state index in [1.165, 1.54) is 5.56 Å². The number of methoxy groups -OCH3 is 2. The molecule has 0 unspecified atom stereocenters. The zero-order chi connectivity index (χ0) is 28.3. The van der Waals surface area contributed by atoms with E-state index in [1.807, 2.05) is 42.5 Å². The summed E-state index contributed by atoms with van der Waals surface area (Å²) in [5, 5.41) is 8.75. The minimum absolute atomic E-state index is 0.649. The van der Waals surface area contributed by atoms with Gasteiger partial charge in [-0.3, -0.25) is 10.00 Å². The van der Waals surface area contributed by atoms with Crippen molar-refractivity contribution in [2.24, 2.45) is 0 Å². The molecule has 1 aliphatic carbocycles. The fraction of sp³-hybridized carbons (Fsp3) is 0.344. The number of nitrogens with zero attached hydrogens (tertiary/aromatic N) is 4. The highest BCUT2D eigenvalue weighted by atomic mass is 35.5. The maximum absolute atomic E-state index is 6.43. The topological polar surface area (TPSA) is 66.1 Å². The van der Waals surface area contributed by atoms with Crippen LogP contribution in [0.5, 0.6) is 17.2 Å². The molecule has 1 aromatic heterocycles. The molecule has 8 nitrogen and oxygen atoms in total. The van der Waals surface area contributed by atoms with E-state index in [4.69, 9.17) is 30.9 Å². The van der Waals surface area contributed by atoms with Gasteiger partial charge in [-0.1, -0.05) is 23.7 Å². The largest absolute Gasteiger partial charge is 0.497 e. The Hall–Kier alpha value is -3.72. The summed E-state index contributed by atoms with van der Waals surface area (Å²) in [6, 6.07) is 20.0. The molecule has 41 heavy (non-hydrogen) atoms. The Morgan fingerprint density at radius 1 is 0.927 bits per heavy atom. The van der Waals surface area contributed by atoms with Crippen LogP contribution in [0.1, 0.15) is 17.5 Å². The SMILES string of the molecule is COc1cccc(N(c2cccc(Cl)c2)c2[nH]nc3c2Cc2cc(OCCCN4CCN(C)CC4)c(OC)cc2-3)c1. The number of aromatic nitrogens is 2. The van der Waals surface area contributed by atoms with Crippen LogP contribution in [0.4, 0.5) is 17.2 Å². The van der Waals surface area contributed by atoms with Gasteiger partial charge < -0.3 is 24.0 Å². The first-order valence-corrected chi connectivity index (χ1v) is 14.4. The highest BCUT2D eigenvalue weighted by Gasteiger charge is 2.30. The lowest BCUT2D eigenvalue weighted by atomic mass is 10.1. The second kappa shape index (κ2) is 12.0. The molecule has 1 aliphatic heterocycles. The van der Waals surface area contributed by atoms with Gasteiger partial charge in [-0.25, -0.2) is 0 Å². The maximum atomic E-state index is 6.43. The Bertz CT molecular complexity index is 1520. The molecule has 0 atom stereocenters. The van der Waals surface area contributed by atoms with Gasteiger partial charge in [0.05, 0.1) is 32.2 Å². The van der Waals surface area contributed by atoms with Gasteiger partial charge in [-0.05, 0) is 61.5 Å². The number of ether oxygens (including phenoxy) is 3. The van der Waals surface area contributed by atoms with Crippen LogP contribution in [0.2, 0.25) is 5.02 Å². The Morgan fingerprint density at radius 2 is 1.71 bits per heavy atom. The van der Waals surface area contributed by atoms with E-state index in [2.05, 4.69) is 45.0 Å². The van der Waals surface area contributed by atoms with Crippen molar-refractivity contribution in [2.45, 2.75) is 12.8 Å². The number of fused-ring (bicyclic) bond motifs is 3. The number of likely N-dealkylation sites (N-methyl/N-ethyl adjacent to an activating group) is 1. The average molecular weight is 574 g/mol. The normalized spacial score (nSPS) is 14.9. The molecule has 0 amide bonds. The molecule has 3 aromatic carbocycles. The highest BCUT2D eigenvalue weighted by molar-refractivity contribution is 6.30. The molecular weight excluding hydrogens is 538 g/mol. The van der Waals surface area contributed by atoms with E-state index in [1.54, 1.807) is 14.2 Å². The zero-order valence-corrected chi connectivity index (χ0v) is 24.6. The number of H-pyrrole nitrogens is 1. The van der Waals surface area contributed by atoms with Crippen LogP contribution in [-0.2, 0) is 6.42 Å². The number of hydrogen-bond donors (Lipinski definition) is 1. The summed E-state index contributed by atoms with van der Waals surface area (Å²) in [5.74, 6) is 3.16. The summed E-state index contributed by atoms with van der Waals surface area (Å²) < 4.78 is 17.6. The Balaban J connectivity index is 1.26. The molecule has 4 aromatic rings. The third-order valence-electron chi connectivity index (χ3n) is 7.93. The molecule has 214 valence electrons. The van der Waals surface area contributed by atoms with Crippen LogP contribution >= 0.6 is 11.6 Å². The van der Waals surface area contributed by atoms with Gasteiger partial charge in [-0.15, -0.1) is 0 Å². The van der Waals surface area contributed by atoms with Crippen LogP contribution in [0, 0.1) is 0 Å². The van der Waals surface area contributed by atoms with Crippen LogP contribution in [0.15, 0.2) is 60.7 Å². The number of nitrogens with one attached hydrogen (secondary N) is 1. The Morgan fingerprint density at radius 3 is 2.46 bits per heavy atom. The maximum Gasteiger partial charge on any atom is 0.161 e. The predicted molar refractivity (Wildman–Crippen MR) is 164 cm³/mol. The Labute approximate surface area is 246 Å². The first-order chi connectivity index (χ1) is 20.0. The van der Waals surface area contributed by atoms with E-state index in [9.17, 15) is 0 Å². The fourth-order valence-corrected chi connectivity index (χ4v) is 5.86. The first kappa shape index (κ1) is 27.4. The molecule has 0 saturated carbocycles. The van der Waals surface area contributed by atoms with E-state index in [-0.39, 0.29) is 0 Å². The van der Waals surface area contributed by atoms with E-state index < -0.39 is 0 Å². The molecule has 9 heteroatoms. The van der Waals surface area contributed by atoms with E-state index in [0.29, 0.717) is 11.6 Å². The molecule has 1 fully saturated rings. The van der Waals surface area contributed by atoms with Crippen molar-refractivity contribution in [3.63, 3.8) is 0 Å². The van der Waals surface area contributed by atoms with Crippen LogP contribution in [-0.4, -0.2) is 80.6 Å². The third-order valence-corrected chi connectivity index (χ3v) is 8.17. The number of aromatic amines is 1.